The average Bonchev–Trinajstić information content (AvgIpc) is 2.66. The largest absolute Gasteiger partial charge is 0.494 e. The fourth-order valence-corrected chi connectivity index (χ4v) is 2.67. The van der Waals surface area contributed by atoms with Gasteiger partial charge < -0.3 is 14.2 Å². The van der Waals surface area contributed by atoms with Crippen LogP contribution in [0, 0.1) is 5.92 Å². The van der Waals surface area contributed by atoms with Crippen LogP contribution in [-0.4, -0.2) is 33.0 Å². The van der Waals surface area contributed by atoms with Gasteiger partial charge in [-0.2, -0.15) is 0 Å². The lowest BCUT2D eigenvalue weighted by molar-refractivity contribution is 0.0963. The van der Waals surface area contributed by atoms with Gasteiger partial charge in [0.05, 0.1) is 6.61 Å². The second kappa shape index (κ2) is 16.8. The Hall–Kier alpha value is -1.32. The van der Waals surface area contributed by atoms with E-state index < -0.39 is 0 Å². The maximum Gasteiger partial charge on any atom is 0.119 e. The summed E-state index contributed by atoms with van der Waals surface area (Å²) in [4.78, 5) is 0. The molecule has 0 saturated heterocycles. The lowest BCUT2D eigenvalue weighted by atomic mass is 10.1. The molecule has 154 valence electrons. The van der Waals surface area contributed by atoms with Crippen molar-refractivity contribution in [3.8, 4) is 5.75 Å². The van der Waals surface area contributed by atoms with Gasteiger partial charge in [0.1, 0.15) is 5.75 Å². The van der Waals surface area contributed by atoms with E-state index >= 15 is 0 Å². The van der Waals surface area contributed by atoms with Crippen LogP contribution in [0.1, 0.15) is 64.4 Å². The Morgan fingerprint density at radius 2 is 1.33 bits per heavy atom. The van der Waals surface area contributed by atoms with Crippen LogP contribution in [-0.2, 0) is 15.9 Å². The molecule has 0 saturated carbocycles. The van der Waals surface area contributed by atoms with Crippen molar-refractivity contribution in [1.29, 1.82) is 0 Å². The average molecular weight is 377 g/mol. The molecule has 0 radical (unpaired) electrons. The van der Waals surface area contributed by atoms with Gasteiger partial charge in [-0.15, -0.1) is 6.58 Å². The van der Waals surface area contributed by atoms with Gasteiger partial charge in [-0.1, -0.05) is 38.5 Å². The topological polar surface area (TPSA) is 27.7 Å². The highest BCUT2D eigenvalue weighted by molar-refractivity contribution is 5.28. The summed E-state index contributed by atoms with van der Waals surface area (Å²) >= 11 is 0. The molecule has 0 aliphatic heterocycles. The predicted molar refractivity (Wildman–Crippen MR) is 115 cm³/mol. The van der Waals surface area contributed by atoms with Crippen LogP contribution in [0.3, 0.4) is 0 Å². The number of rotatable bonds is 18. The van der Waals surface area contributed by atoms with E-state index in [1.165, 1.54) is 18.4 Å². The lowest BCUT2D eigenvalue weighted by Gasteiger charge is -2.08. The molecule has 1 rings (SSSR count). The highest BCUT2D eigenvalue weighted by Gasteiger charge is 1.97. The van der Waals surface area contributed by atoms with E-state index in [9.17, 15) is 0 Å². The van der Waals surface area contributed by atoms with Gasteiger partial charge in [-0.25, -0.2) is 0 Å². The summed E-state index contributed by atoms with van der Waals surface area (Å²) in [6.07, 6.45) is 10.8. The van der Waals surface area contributed by atoms with E-state index in [2.05, 4.69) is 32.6 Å². The molecule has 0 atom stereocenters. The van der Waals surface area contributed by atoms with Gasteiger partial charge in [0.15, 0.2) is 0 Å². The molecule has 0 N–H and O–H groups in total. The van der Waals surface area contributed by atoms with Gasteiger partial charge in [0.25, 0.3) is 0 Å². The van der Waals surface area contributed by atoms with Gasteiger partial charge in [0.2, 0.25) is 0 Å². The molecule has 0 bridgehead atoms. The van der Waals surface area contributed by atoms with Gasteiger partial charge in [0, 0.05) is 26.4 Å². The Morgan fingerprint density at radius 1 is 0.778 bits per heavy atom. The number of ether oxygens (including phenoxy) is 3. The third-order valence-electron chi connectivity index (χ3n) is 4.42. The van der Waals surface area contributed by atoms with E-state index in [1.807, 2.05) is 18.2 Å². The number of hydrogen-bond donors (Lipinski definition) is 0. The normalized spacial score (nSPS) is 11.1. The second-order valence-corrected chi connectivity index (χ2v) is 7.51. The van der Waals surface area contributed by atoms with E-state index in [-0.39, 0.29) is 0 Å². The third kappa shape index (κ3) is 14.4. The molecule has 1 aromatic carbocycles. The Kier molecular flexibility index (Phi) is 14.8. The van der Waals surface area contributed by atoms with Crippen LogP contribution in [0.15, 0.2) is 36.9 Å². The Balaban J connectivity index is 1.80. The van der Waals surface area contributed by atoms with Crippen molar-refractivity contribution in [2.24, 2.45) is 5.92 Å². The van der Waals surface area contributed by atoms with E-state index in [4.69, 9.17) is 14.2 Å². The maximum atomic E-state index is 5.78. The molecule has 0 aliphatic rings. The fraction of sp³-hybridized carbons (Fsp3) is 0.667. The van der Waals surface area contributed by atoms with E-state index in [1.54, 1.807) is 0 Å². The third-order valence-corrected chi connectivity index (χ3v) is 4.42. The number of allylic oxidation sites excluding steroid dienone is 1. The zero-order valence-corrected chi connectivity index (χ0v) is 17.6. The molecular weight excluding hydrogens is 336 g/mol. The summed E-state index contributed by atoms with van der Waals surface area (Å²) in [5.41, 5.74) is 1.27. The first-order chi connectivity index (χ1) is 13.2. The van der Waals surface area contributed by atoms with Crippen LogP contribution < -0.4 is 4.74 Å². The molecule has 0 amide bonds. The minimum absolute atomic E-state index is 0.730. The number of hydrogen-bond acceptors (Lipinski definition) is 3. The molecule has 0 aromatic heterocycles. The van der Waals surface area contributed by atoms with E-state index in [0.717, 1.165) is 83.2 Å². The standard InChI is InChI=1S/C24H40O3/c1-4-11-23-12-14-24(15-13-23)27-20-8-6-5-7-17-25-18-9-10-19-26-21-16-22(2)3/h4,12-15,22H,1,5-11,16-21H2,2-3H3. The minimum atomic E-state index is 0.730. The molecule has 0 spiro atoms. The smallest absolute Gasteiger partial charge is 0.119 e. The molecule has 1 aromatic rings. The van der Waals surface area contributed by atoms with Crippen LogP contribution in [0.4, 0.5) is 0 Å². The fourth-order valence-electron chi connectivity index (χ4n) is 2.67. The van der Waals surface area contributed by atoms with Crippen molar-refractivity contribution < 1.29 is 14.2 Å². The van der Waals surface area contributed by atoms with Crippen LogP contribution >= 0.6 is 0 Å². The molecular formula is C24H40O3. The maximum absolute atomic E-state index is 5.78. The summed E-state index contributed by atoms with van der Waals surface area (Å²) in [6.45, 7) is 12.5. The Labute approximate surface area is 167 Å². The molecule has 3 nitrogen and oxygen atoms in total. The summed E-state index contributed by atoms with van der Waals surface area (Å²) in [7, 11) is 0. The molecule has 0 unspecified atom stereocenters. The van der Waals surface area contributed by atoms with Crippen LogP contribution in [0.2, 0.25) is 0 Å². The Morgan fingerprint density at radius 3 is 1.93 bits per heavy atom. The van der Waals surface area contributed by atoms with Crippen molar-refractivity contribution in [2.75, 3.05) is 33.0 Å². The Bertz CT molecular complexity index is 453. The molecule has 0 aliphatic carbocycles. The minimum Gasteiger partial charge on any atom is -0.494 e. The highest BCUT2D eigenvalue weighted by atomic mass is 16.5. The van der Waals surface area contributed by atoms with E-state index in [0.29, 0.717) is 0 Å². The first-order valence-corrected chi connectivity index (χ1v) is 10.7. The zero-order chi connectivity index (χ0) is 19.6. The van der Waals surface area contributed by atoms with Gasteiger partial charge >= 0.3 is 0 Å². The van der Waals surface area contributed by atoms with Gasteiger partial charge in [-0.05, 0) is 68.6 Å². The van der Waals surface area contributed by atoms with Crippen molar-refractivity contribution in [1.82, 2.24) is 0 Å². The molecule has 27 heavy (non-hydrogen) atoms. The monoisotopic (exact) mass is 376 g/mol. The molecule has 3 heteroatoms. The molecule has 0 heterocycles. The first kappa shape index (κ1) is 23.7. The van der Waals surface area contributed by atoms with Crippen LogP contribution in [0.25, 0.3) is 0 Å². The molecule has 0 fully saturated rings. The second-order valence-electron chi connectivity index (χ2n) is 7.51. The predicted octanol–water partition coefficient (Wildman–Crippen LogP) is 6.21. The number of unbranched alkanes of at least 4 members (excludes halogenated alkanes) is 4. The van der Waals surface area contributed by atoms with Gasteiger partial charge in [-0.3, -0.25) is 0 Å². The zero-order valence-electron chi connectivity index (χ0n) is 17.6. The summed E-state index contributed by atoms with van der Waals surface area (Å²) in [6, 6.07) is 8.29. The van der Waals surface area contributed by atoms with Crippen molar-refractivity contribution in [3.63, 3.8) is 0 Å². The van der Waals surface area contributed by atoms with Crippen molar-refractivity contribution >= 4 is 0 Å². The van der Waals surface area contributed by atoms with Crippen molar-refractivity contribution in [2.45, 2.75) is 65.2 Å². The summed E-state index contributed by atoms with van der Waals surface area (Å²) in [5, 5.41) is 0. The quantitative estimate of drug-likeness (QED) is 0.225. The lowest BCUT2D eigenvalue weighted by Crippen LogP contribution is -2.03. The summed E-state index contributed by atoms with van der Waals surface area (Å²) in [5.74, 6) is 1.69. The number of benzene rings is 1. The van der Waals surface area contributed by atoms with Crippen molar-refractivity contribution in [3.05, 3.63) is 42.5 Å². The summed E-state index contributed by atoms with van der Waals surface area (Å²) < 4.78 is 17.1. The highest BCUT2D eigenvalue weighted by Crippen LogP contribution is 2.13. The first-order valence-electron chi connectivity index (χ1n) is 10.7. The van der Waals surface area contributed by atoms with Crippen LogP contribution in [0.5, 0.6) is 5.75 Å². The SMILES string of the molecule is C=CCc1ccc(OCCCCCCOCCCCOCCC(C)C)cc1.